The molecule has 0 spiro atoms. The first-order chi connectivity index (χ1) is 13.9. The fourth-order valence-corrected chi connectivity index (χ4v) is 3.22. The van der Waals surface area contributed by atoms with Crippen molar-refractivity contribution in [3.05, 3.63) is 54.1 Å². The second kappa shape index (κ2) is 10.6. The predicted octanol–water partition coefficient (Wildman–Crippen LogP) is 3.88. The van der Waals surface area contributed by atoms with Crippen LogP contribution in [-0.4, -0.2) is 59.4 Å². The lowest BCUT2D eigenvalue weighted by molar-refractivity contribution is -0.119. The van der Waals surface area contributed by atoms with E-state index in [1.165, 1.54) is 0 Å². The summed E-state index contributed by atoms with van der Waals surface area (Å²) < 4.78 is 0. The molecule has 6 nitrogen and oxygen atoms in total. The molecule has 0 aliphatic heterocycles. The Morgan fingerprint density at radius 3 is 1.97 bits per heavy atom. The summed E-state index contributed by atoms with van der Waals surface area (Å²) in [6, 6.07) is 13.7. The van der Waals surface area contributed by atoms with Crippen LogP contribution in [0, 0.1) is 0 Å². The SMILES string of the molecule is CCN(CC)CC(=O)N(c1ccc(C(=O)N(CC)CC)cc1)c1cccc(O)c1. The van der Waals surface area contributed by atoms with Crippen molar-refractivity contribution in [2.45, 2.75) is 27.7 Å². The first-order valence-electron chi connectivity index (χ1n) is 10.2. The molecule has 2 aromatic carbocycles. The molecule has 2 rings (SSSR count). The molecule has 0 aromatic heterocycles. The van der Waals surface area contributed by atoms with Gasteiger partial charge in [0, 0.05) is 30.4 Å². The van der Waals surface area contributed by atoms with E-state index < -0.39 is 0 Å². The lowest BCUT2D eigenvalue weighted by atomic mass is 10.1. The molecule has 2 amide bonds. The predicted molar refractivity (Wildman–Crippen MR) is 117 cm³/mol. The van der Waals surface area contributed by atoms with Crippen LogP contribution >= 0.6 is 0 Å². The summed E-state index contributed by atoms with van der Waals surface area (Å²) in [5, 5.41) is 9.90. The fourth-order valence-electron chi connectivity index (χ4n) is 3.22. The molecule has 0 saturated heterocycles. The quantitative estimate of drug-likeness (QED) is 0.697. The van der Waals surface area contributed by atoms with Gasteiger partial charge in [-0.05, 0) is 63.3 Å². The van der Waals surface area contributed by atoms with Crippen LogP contribution in [0.3, 0.4) is 0 Å². The van der Waals surface area contributed by atoms with E-state index in [4.69, 9.17) is 0 Å². The molecule has 0 bridgehead atoms. The number of phenols is 1. The maximum atomic E-state index is 13.1. The van der Waals surface area contributed by atoms with Gasteiger partial charge in [0.15, 0.2) is 0 Å². The molecular formula is C23H31N3O3. The third kappa shape index (κ3) is 5.57. The maximum Gasteiger partial charge on any atom is 0.253 e. The van der Waals surface area contributed by atoms with E-state index >= 15 is 0 Å². The van der Waals surface area contributed by atoms with Gasteiger partial charge in [-0.1, -0.05) is 19.9 Å². The lowest BCUT2D eigenvalue weighted by Crippen LogP contribution is -2.38. The average molecular weight is 398 g/mol. The van der Waals surface area contributed by atoms with Crippen LogP contribution in [0.25, 0.3) is 0 Å². The Balaban J connectivity index is 2.38. The molecule has 0 atom stereocenters. The van der Waals surface area contributed by atoms with Gasteiger partial charge in [-0.25, -0.2) is 0 Å². The fraction of sp³-hybridized carbons (Fsp3) is 0.391. The minimum Gasteiger partial charge on any atom is -0.508 e. The highest BCUT2D eigenvalue weighted by Crippen LogP contribution is 2.29. The molecule has 1 N–H and O–H groups in total. The Kier molecular flexibility index (Phi) is 8.21. The van der Waals surface area contributed by atoms with Crippen molar-refractivity contribution in [1.82, 2.24) is 9.80 Å². The highest BCUT2D eigenvalue weighted by atomic mass is 16.3. The molecule has 0 radical (unpaired) electrons. The number of nitrogens with zero attached hydrogens (tertiary/aromatic N) is 3. The van der Waals surface area contributed by atoms with Crippen molar-refractivity contribution in [1.29, 1.82) is 0 Å². The van der Waals surface area contributed by atoms with E-state index in [2.05, 4.69) is 0 Å². The Hall–Kier alpha value is -2.86. The topological polar surface area (TPSA) is 64.1 Å². The number of aromatic hydroxyl groups is 1. The third-order valence-electron chi connectivity index (χ3n) is 5.01. The summed E-state index contributed by atoms with van der Waals surface area (Å²) in [6.45, 7) is 11.0. The number of rotatable bonds is 9. The van der Waals surface area contributed by atoms with E-state index in [9.17, 15) is 14.7 Å². The van der Waals surface area contributed by atoms with Crippen molar-refractivity contribution >= 4 is 23.2 Å². The molecule has 0 saturated carbocycles. The molecule has 6 heteroatoms. The van der Waals surface area contributed by atoms with Gasteiger partial charge in [-0.3, -0.25) is 19.4 Å². The summed E-state index contributed by atoms with van der Waals surface area (Å²) in [5.41, 5.74) is 1.83. The first-order valence-corrected chi connectivity index (χ1v) is 10.2. The summed E-state index contributed by atoms with van der Waals surface area (Å²) in [5.74, 6) is -0.0292. The minimum atomic E-state index is -0.0953. The number of hydrogen-bond acceptors (Lipinski definition) is 4. The standard InChI is InChI=1S/C23H31N3O3/c1-5-24(6-2)17-22(28)26(20-10-9-11-21(27)16-20)19-14-12-18(13-15-19)23(29)25(7-3)8-4/h9-16,27H,5-8,17H2,1-4H3. The van der Waals surface area contributed by atoms with Gasteiger partial charge in [0.2, 0.25) is 5.91 Å². The Morgan fingerprint density at radius 2 is 1.45 bits per heavy atom. The van der Waals surface area contributed by atoms with Gasteiger partial charge in [0.25, 0.3) is 5.91 Å². The van der Waals surface area contributed by atoms with Crippen molar-refractivity contribution < 1.29 is 14.7 Å². The number of carbonyl (C=O) groups is 2. The van der Waals surface area contributed by atoms with Gasteiger partial charge in [-0.2, -0.15) is 0 Å². The summed E-state index contributed by atoms with van der Waals surface area (Å²) >= 11 is 0. The van der Waals surface area contributed by atoms with Crippen molar-refractivity contribution in [2.75, 3.05) is 37.6 Å². The third-order valence-corrected chi connectivity index (χ3v) is 5.01. The molecule has 0 unspecified atom stereocenters. The van der Waals surface area contributed by atoms with Crippen molar-refractivity contribution in [3.63, 3.8) is 0 Å². The molecule has 29 heavy (non-hydrogen) atoms. The van der Waals surface area contributed by atoms with Crippen molar-refractivity contribution in [3.8, 4) is 5.75 Å². The van der Waals surface area contributed by atoms with Crippen LogP contribution in [0.4, 0.5) is 11.4 Å². The van der Waals surface area contributed by atoms with Gasteiger partial charge >= 0.3 is 0 Å². The van der Waals surface area contributed by atoms with E-state index in [0.29, 0.717) is 30.0 Å². The number of anilines is 2. The van der Waals surface area contributed by atoms with Gasteiger partial charge in [0.1, 0.15) is 5.75 Å². The largest absolute Gasteiger partial charge is 0.508 e. The lowest BCUT2D eigenvalue weighted by Gasteiger charge is -2.27. The van der Waals surface area contributed by atoms with Crippen LogP contribution in [0.1, 0.15) is 38.1 Å². The van der Waals surface area contributed by atoms with Crippen molar-refractivity contribution in [2.24, 2.45) is 0 Å². The summed E-state index contributed by atoms with van der Waals surface area (Å²) in [7, 11) is 0. The number of hydrogen-bond donors (Lipinski definition) is 1. The number of carbonyl (C=O) groups excluding carboxylic acids is 2. The van der Waals surface area contributed by atoms with Crippen LogP contribution in [0.5, 0.6) is 5.75 Å². The van der Waals surface area contributed by atoms with E-state index in [1.54, 1.807) is 58.3 Å². The second-order valence-corrected chi connectivity index (χ2v) is 6.73. The highest BCUT2D eigenvalue weighted by molar-refractivity contribution is 6.02. The Bertz CT molecular complexity index is 812. The minimum absolute atomic E-state index is 0.0278. The average Bonchev–Trinajstić information content (AvgIpc) is 2.73. The zero-order valence-corrected chi connectivity index (χ0v) is 17.8. The molecule has 0 heterocycles. The molecular weight excluding hydrogens is 366 g/mol. The second-order valence-electron chi connectivity index (χ2n) is 6.73. The zero-order valence-electron chi connectivity index (χ0n) is 17.8. The smallest absolute Gasteiger partial charge is 0.253 e. The van der Waals surface area contributed by atoms with Crippen LogP contribution in [0.15, 0.2) is 48.5 Å². The molecule has 0 aliphatic rings. The number of benzene rings is 2. The monoisotopic (exact) mass is 397 g/mol. The summed E-state index contributed by atoms with van der Waals surface area (Å²) in [4.78, 5) is 31.1. The van der Waals surface area contributed by atoms with Gasteiger partial charge in [-0.15, -0.1) is 0 Å². The van der Waals surface area contributed by atoms with Gasteiger partial charge < -0.3 is 10.0 Å². The van der Waals surface area contributed by atoms with Crippen LogP contribution in [0.2, 0.25) is 0 Å². The van der Waals surface area contributed by atoms with E-state index in [0.717, 1.165) is 13.1 Å². The number of phenolic OH excluding ortho intramolecular Hbond substituents is 1. The van der Waals surface area contributed by atoms with E-state index in [-0.39, 0.29) is 24.1 Å². The first kappa shape index (κ1) is 22.4. The Labute approximate surface area is 173 Å². The van der Waals surface area contributed by atoms with E-state index in [1.807, 2.05) is 32.6 Å². The zero-order chi connectivity index (χ0) is 21.4. The molecule has 2 aromatic rings. The van der Waals surface area contributed by atoms with Crippen LogP contribution < -0.4 is 4.90 Å². The normalized spacial score (nSPS) is 10.8. The van der Waals surface area contributed by atoms with Gasteiger partial charge in [0.05, 0.1) is 12.2 Å². The Morgan fingerprint density at radius 1 is 0.828 bits per heavy atom. The molecule has 0 aliphatic carbocycles. The maximum absolute atomic E-state index is 13.1. The molecule has 0 fully saturated rings. The van der Waals surface area contributed by atoms with Crippen LogP contribution in [-0.2, 0) is 4.79 Å². The number of likely N-dealkylation sites (N-methyl/N-ethyl adjacent to an activating group) is 1. The molecule has 156 valence electrons. The highest BCUT2D eigenvalue weighted by Gasteiger charge is 2.21. The summed E-state index contributed by atoms with van der Waals surface area (Å²) in [6.07, 6.45) is 0. The number of amides is 2.